The van der Waals surface area contributed by atoms with Crippen molar-refractivity contribution in [1.29, 1.82) is 0 Å². The summed E-state index contributed by atoms with van der Waals surface area (Å²) in [5.41, 5.74) is 0.901. The van der Waals surface area contributed by atoms with E-state index in [2.05, 4.69) is 20.1 Å². The number of carbonyl (C=O) groups excluding carboxylic acids is 1. The number of nitrogens with zero attached hydrogens (tertiary/aromatic N) is 3. The third-order valence-electron chi connectivity index (χ3n) is 4.18. The van der Waals surface area contributed by atoms with Gasteiger partial charge in [-0.15, -0.1) is 11.3 Å². The first-order valence-corrected chi connectivity index (χ1v) is 8.91. The summed E-state index contributed by atoms with van der Waals surface area (Å²) >= 11 is 1.64. The van der Waals surface area contributed by atoms with Crippen molar-refractivity contribution in [3.63, 3.8) is 0 Å². The Kier molecular flexibility index (Phi) is 5.42. The van der Waals surface area contributed by atoms with Gasteiger partial charge in [0.1, 0.15) is 5.82 Å². The highest BCUT2D eigenvalue weighted by Crippen LogP contribution is 2.19. The molecule has 1 unspecified atom stereocenters. The lowest BCUT2D eigenvalue weighted by Crippen LogP contribution is -2.49. The number of rotatable bonds is 5. The van der Waals surface area contributed by atoms with E-state index in [0.29, 0.717) is 6.54 Å². The lowest BCUT2D eigenvalue weighted by Gasteiger charge is -2.34. The van der Waals surface area contributed by atoms with Crippen molar-refractivity contribution in [2.75, 3.05) is 37.6 Å². The average molecular weight is 348 g/mol. The predicted molar refractivity (Wildman–Crippen MR) is 93.7 cm³/mol. The quantitative estimate of drug-likeness (QED) is 0.901. The smallest absolute Gasteiger partial charge is 0.234 e. The molecule has 0 saturated carbocycles. The van der Waals surface area contributed by atoms with Crippen LogP contribution in [0.4, 0.5) is 9.52 Å². The zero-order valence-corrected chi connectivity index (χ0v) is 14.4. The van der Waals surface area contributed by atoms with Crippen LogP contribution in [0.25, 0.3) is 0 Å². The fourth-order valence-electron chi connectivity index (χ4n) is 2.79. The Hall–Kier alpha value is -1.99. The van der Waals surface area contributed by atoms with Crippen LogP contribution in [-0.4, -0.2) is 48.5 Å². The van der Waals surface area contributed by atoms with E-state index in [0.717, 1.165) is 36.9 Å². The lowest BCUT2D eigenvalue weighted by molar-refractivity contribution is -0.123. The Morgan fingerprint density at radius 2 is 2.00 bits per heavy atom. The van der Waals surface area contributed by atoms with Crippen molar-refractivity contribution >= 4 is 22.4 Å². The Balaban J connectivity index is 1.45. The molecular weight excluding hydrogens is 327 g/mol. The predicted octanol–water partition coefficient (Wildman–Crippen LogP) is 2.28. The lowest BCUT2D eigenvalue weighted by atomic mass is 10.1. The Morgan fingerprint density at radius 1 is 1.29 bits per heavy atom. The Labute approximate surface area is 145 Å². The third-order valence-corrected chi connectivity index (χ3v) is 5.01. The monoisotopic (exact) mass is 348 g/mol. The van der Waals surface area contributed by atoms with Crippen molar-refractivity contribution in [3.8, 4) is 0 Å². The van der Waals surface area contributed by atoms with Gasteiger partial charge in [0, 0.05) is 37.8 Å². The van der Waals surface area contributed by atoms with Crippen molar-refractivity contribution in [2.45, 2.75) is 13.0 Å². The largest absolute Gasteiger partial charge is 0.348 e. The topological polar surface area (TPSA) is 48.5 Å². The minimum Gasteiger partial charge on any atom is -0.348 e. The van der Waals surface area contributed by atoms with Crippen molar-refractivity contribution in [3.05, 3.63) is 47.2 Å². The molecule has 1 amide bonds. The summed E-state index contributed by atoms with van der Waals surface area (Å²) in [5.74, 6) is -0.273. The van der Waals surface area contributed by atoms with Crippen LogP contribution >= 0.6 is 11.3 Å². The van der Waals surface area contributed by atoms with Gasteiger partial charge in [0.2, 0.25) is 5.91 Å². The molecule has 1 N–H and O–H groups in total. The molecule has 1 fully saturated rings. The van der Waals surface area contributed by atoms with Gasteiger partial charge in [0.15, 0.2) is 5.13 Å². The zero-order valence-electron chi connectivity index (χ0n) is 13.6. The highest BCUT2D eigenvalue weighted by molar-refractivity contribution is 7.13. The molecule has 1 aromatic carbocycles. The van der Waals surface area contributed by atoms with Gasteiger partial charge in [-0.3, -0.25) is 9.69 Å². The summed E-state index contributed by atoms with van der Waals surface area (Å²) in [6.45, 7) is 5.75. The number of thiazole rings is 1. The van der Waals surface area contributed by atoms with Crippen LogP contribution in [0.5, 0.6) is 0 Å². The molecule has 5 nitrogen and oxygen atoms in total. The standard InChI is InChI=1S/C17H21FN4OS/c1-13(14-2-4-15(18)5-3-14)20-16(23)12-21-7-9-22(10-8-21)17-19-6-11-24-17/h2-6,11,13H,7-10,12H2,1H3,(H,20,23). The molecule has 1 atom stereocenters. The molecule has 3 rings (SSSR count). The highest BCUT2D eigenvalue weighted by Gasteiger charge is 2.21. The Bertz CT molecular complexity index is 654. The van der Waals surface area contributed by atoms with E-state index in [1.54, 1.807) is 23.5 Å². The van der Waals surface area contributed by atoms with Crippen LogP contribution in [-0.2, 0) is 4.79 Å². The molecule has 24 heavy (non-hydrogen) atoms. The maximum absolute atomic E-state index is 13.0. The molecule has 0 aliphatic carbocycles. The van der Waals surface area contributed by atoms with Crippen molar-refractivity contribution in [1.82, 2.24) is 15.2 Å². The molecule has 0 bridgehead atoms. The molecule has 2 heterocycles. The molecule has 7 heteroatoms. The van der Waals surface area contributed by atoms with Gasteiger partial charge in [-0.25, -0.2) is 9.37 Å². The minimum absolute atomic E-state index is 0.00507. The number of benzene rings is 1. The van der Waals surface area contributed by atoms with Crippen LogP contribution in [0.1, 0.15) is 18.5 Å². The molecule has 0 radical (unpaired) electrons. The van der Waals surface area contributed by atoms with Crippen molar-refractivity contribution in [2.24, 2.45) is 0 Å². The first-order valence-electron chi connectivity index (χ1n) is 8.03. The van der Waals surface area contributed by atoms with E-state index in [1.165, 1.54) is 12.1 Å². The van der Waals surface area contributed by atoms with Crippen LogP contribution in [0.2, 0.25) is 0 Å². The van der Waals surface area contributed by atoms with Crippen molar-refractivity contribution < 1.29 is 9.18 Å². The summed E-state index contributed by atoms with van der Waals surface area (Å²) in [4.78, 5) is 20.9. The second-order valence-corrected chi connectivity index (χ2v) is 6.79. The van der Waals surface area contributed by atoms with Crippen LogP contribution in [0.15, 0.2) is 35.8 Å². The third kappa shape index (κ3) is 4.30. The molecule has 2 aromatic rings. The minimum atomic E-state index is -0.268. The number of carbonyl (C=O) groups is 1. The van der Waals surface area contributed by atoms with E-state index >= 15 is 0 Å². The van der Waals surface area contributed by atoms with Crippen LogP contribution in [0.3, 0.4) is 0 Å². The van der Waals surface area contributed by atoms with Crippen LogP contribution < -0.4 is 10.2 Å². The number of hydrogen-bond acceptors (Lipinski definition) is 5. The zero-order chi connectivity index (χ0) is 16.9. The number of halogens is 1. The van der Waals surface area contributed by atoms with Crippen LogP contribution in [0, 0.1) is 5.82 Å². The van der Waals surface area contributed by atoms with Gasteiger partial charge in [-0.1, -0.05) is 12.1 Å². The van der Waals surface area contributed by atoms with Gasteiger partial charge in [0.05, 0.1) is 12.6 Å². The van der Waals surface area contributed by atoms with Gasteiger partial charge < -0.3 is 10.2 Å². The van der Waals surface area contributed by atoms with Gasteiger partial charge in [-0.05, 0) is 24.6 Å². The number of hydrogen-bond donors (Lipinski definition) is 1. The fourth-order valence-corrected chi connectivity index (χ4v) is 3.49. The summed E-state index contributed by atoms with van der Waals surface area (Å²) in [6.07, 6.45) is 1.82. The first-order chi connectivity index (χ1) is 11.6. The normalized spacial score (nSPS) is 16.8. The second-order valence-electron chi connectivity index (χ2n) is 5.92. The van der Waals surface area contributed by atoms with E-state index in [-0.39, 0.29) is 17.8 Å². The van der Waals surface area contributed by atoms with Gasteiger partial charge in [-0.2, -0.15) is 0 Å². The number of amides is 1. The number of anilines is 1. The van der Waals surface area contributed by atoms with E-state index in [4.69, 9.17) is 0 Å². The summed E-state index contributed by atoms with van der Waals surface area (Å²) < 4.78 is 13.0. The maximum atomic E-state index is 13.0. The molecular formula is C17H21FN4OS. The molecule has 128 valence electrons. The van der Waals surface area contributed by atoms with E-state index in [9.17, 15) is 9.18 Å². The summed E-state index contributed by atoms with van der Waals surface area (Å²) in [6, 6.07) is 6.10. The summed E-state index contributed by atoms with van der Waals surface area (Å²) in [5, 5.41) is 6.00. The van der Waals surface area contributed by atoms with Gasteiger partial charge >= 0.3 is 0 Å². The van der Waals surface area contributed by atoms with E-state index < -0.39 is 0 Å². The highest BCUT2D eigenvalue weighted by atomic mass is 32.1. The maximum Gasteiger partial charge on any atom is 0.234 e. The average Bonchev–Trinajstić information content (AvgIpc) is 3.10. The number of piperazine rings is 1. The number of nitrogens with one attached hydrogen (secondary N) is 1. The molecule has 1 saturated heterocycles. The number of aromatic nitrogens is 1. The SMILES string of the molecule is CC(NC(=O)CN1CCN(c2nccs2)CC1)c1ccc(F)cc1. The molecule has 1 aromatic heterocycles. The summed E-state index contributed by atoms with van der Waals surface area (Å²) in [7, 11) is 0. The molecule has 1 aliphatic rings. The molecule has 0 spiro atoms. The van der Waals surface area contributed by atoms with Gasteiger partial charge in [0.25, 0.3) is 0 Å². The Morgan fingerprint density at radius 3 is 2.62 bits per heavy atom. The first kappa shape index (κ1) is 16.9. The molecule has 1 aliphatic heterocycles. The second kappa shape index (κ2) is 7.72. The fraction of sp³-hybridized carbons (Fsp3) is 0.412. The van der Waals surface area contributed by atoms with E-state index in [1.807, 2.05) is 18.5 Å².